The Bertz CT molecular complexity index is 706. The molecule has 3 unspecified atom stereocenters. The number of hydrogen-bond acceptors (Lipinski definition) is 8. The van der Waals surface area contributed by atoms with Crippen LogP contribution in [0.15, 0.2) is 0 Å². The van der Waals surface area contributed by atoms with Crippen molar-refractivity contribution in [3.63, 3.8) is 0 Å². The monoisotopic (exact) mass is 581 g/mol. The smallest absolute Gasteiger partial charge is 0.472 e. The Hall–Kier alpha value is -1.52. The number of unbranched alkanes of at least 4 members (excludes halogenated alkanes) is 13. The number of aliphatic hydroxyl groups is 1. The molecule has 39 heavy (non-hydrogen) atoms. The van der Waals surface area contributed by atoms with E-state index >= 15 is 0 Å². The van der Waals surface area contributed by atoms with Gasteiger partial charge in [-0.1, -0.05) is 97.3 Å². The summed E-state index contributed by atoms with van der Waals surface area (Å²) in [6.45, 7) is 2.43. The van der Waals surface area contributed by atoms with Crippen molar-refractivity contribution in [1.82, 2.24) is 5.32 Å². The first kappa shape index (κ1) is 37.5. The number of amides is 1. The molecule has 0 saturated carbocycles. The van der Waals surface area contributed by atoms with E-state index < -0.39 is 57.6 Å². The fourth-order valence-electron chi connectivity index (χ4n) is 3.78. The molecule has 230 valence electrons. The van der Waals surface area contributed by atoms with Crippen molar-refractivity contribution in [2.45, 2.75) is 135 Å². The third-order valence-electron chi connectivity index (χ3n) is 6.15. The molecule has 3 atom stereocenters. The van der Waals surface area contributed by atoms with Crippen LogP contribution < -0.4 is 5.32 Å². The molecule has 0 fully saturated rings. The first-order valence-corrected chi connectivity index (χ1v) is 16.1. The van der Waals surface area contributed by atoms with Gasteiger partial charge in [-0.3, -0.25) is 18.6 Å². The Balaban J connectivity index is 4.11. The van der Waals surface area contributed by atoms with Gasteiger partial charge >= 0.3 is 19.8 Å². The van der Waals surface area contributed by atoms with Crippen LogP contribution >= 0.6 is 7.82 Å². The van der Waals surface area contributed by atoms with Crippen LogP contribution in [0, 0.1) is 0 Å². The SMILES string of the molecule is CCCCCCCCCCC(=O)NC(COP(=O)(O)OCC(O)COC(=O)CCCCCCCCC)C(=O)O. The number of hydrogen-bond donors (Lipinski definition) is 4. The molecule has 4 N–H and O–H groups in total. The van der Waals surface area contributed by atoms with Gasteiger partial charge in [0, 0.05) is 12.8 Å². The highest BCUT2D eigenvalue weighted by atomic mass is 31.2. The average molecular weight is 582 g/mol. The maximum Gasteiger partial charge on any atom is 0.472 e. The standard InChI is InChI=1S/C27H52NO10P/c1-3-5-7-9-11-13-14-16-18-25(30)28-24(27(32)33)22-38-39(34,35)37-21-23(29)20-36-26(31)19-17-15-12-10-8-6-4-2/h23-24,29H,3-22H2,1-2H3,(H,28,30)(H,32,33)(H,34,35). The minimum Gasteiger partial charge on any atom is -0.480 e. The molecule has 0 bridgehead atoms. The number of esters is 1. The summed E-state index contributed by atoms with van der Waals surface area (Å²) < 4.78 is 26.4. The predicted octanol–water partition coefficient (Wildman–Crippen LogP) is 5.27. The van der Waals surface area contributed by atoms with Crippen molar-refractivity contribution in [3.05, 3.63) is 0 Å². The lowest BCUT2D eigenvalue weighted by Gasteiger charge is -2.18. The Kier molecular flexibility index (Phi) is 23.3. The Morgan fingerprint density at radius 3 is 1.69 bits per heavy atom. The first-order chi connectivity index (χ1) is 18.6. The van der Waals surface area contributed by atoms with Crippen LogP contribution in [0.5, 0.6) is 0 Å². The van der Waals surface area contributed by atoms with E-state index in [2.05, 4.69) is 23.7 Å². The molecule has 0 aliphatic carbocycles. The molecular weight excluding hydrogens is 529 g/mol. The number of nitrogens with one attached hydrogen (secondary N) is 1. The van der Waals surface area contributed by atoms with E-state index in [0.29, 0.717) is 12.8 Å². The zero-order valence-corrected chi connectivity index (χ0v) is 24.8. The summed E-state index contributed by atoms with van der Waals surface area (Å²) in [7, 11) is -4.72. The third-order valence-corrected chi connectivity index (χ3v) is 7.10. The molecule has 0 saturated heterocycles. The molecule has 0 heterocycles. The molecule has 0 aliphatic heterocycles. The summed E-state index contributed by atoms with van der Waals surface area (Å²) in [5, 5.41) is 21.5. The van der Waals surface area contributed by atoms with E-state index in [4.69, 9.17) is 9.26 Å². The quantitative estimate of drug-likeness (QED) is 0.0570. The number of carbonyl (C=O) groups excluding carboxylic acids is 2. The van der Waals surface area contributed by atoms with Gasteiger partial charge in [-0.25, -0.2) is 9.36 Å². The number of ether oxygens (including phenoxy) is 1. The van der Waals surface area contributed by atoms with Crippen LogP contribution in [-0.4, -0.2) is 64.9 Å². The highest BCUT2D eigenvalue weighted by molar-refractivity contribution is 7.47. The fourth-order valence-corrected chi connectivity index (χ4v) is 4.56. The lowest BCUT2D eigenvalue weighted by Crippen LogP contribution is -2.43. The van der Waals surface area contributed by atoms with Gasteiger partial charge in [0.15, 0.2) is 6.04 Å². The van der Waals surface area contributed by atoms with Crippen LogP contribution in [-0.2, 0) is 32.7 Å². The second-order valence-electron chi connectivity index (χ2n) is 9.95. The Morgan fingerprint density at radius 2 is 1.18 bits per heavy atom. The zero-order valence-electron chi connectivity index (χ0n) is 23.9. The van der Waals surface area contributed by atoms with Crippen LogP contribution in [0.25, 0.3) is 0 Å². The maximum atomic E-state index is 12.1. The topological polar surface area (TPSA) is 169 Å². The molecule has 0 radical (unpaired) electrons. The summed E-state index contributed by atoms with van der Waals surface area (Å²) in [6, 6.07) is -1.53. The number of carbonyl (C=O) groups is 3. The number of aliphatic carboxylic acids is 1. The molecule has 1 amide bonds. The number of carboxylic acid groups (broad SMARTS) is 1. The van der Waals surface area contributed by atoms with Gasteiger partial charge in [0.1, 0.15) is 12.7 Å². The number of phosphoric acid groups is 1. The summed E-state index contributed by atoms with van der Waals surface area (Å²) >= 11 is 0. The van der Waals surface area contributed by atoms with E-state index in [1.54, 1.807) is 0 Å². The number of phosphoric ester groups is 1. The lowest BCUT2D eigenvalue weighted by molar-refractivity contribution is -0.147. The minimum absolute atomic E-state index is 0.149. The Morgan fingerprint density at radius 1 is 0.718 bits per heavy atom. The molecule has 0 aromatic heterocycles. The van der Waals surface area contributed by atoms with Crippen LogP contribution in [0.2, 0.25) is 0 Å². The molecule has 0 aromatic rings. The van der Waals surface area contributed by atoms with E-state index in [0.717, 1.165) is 38.5 Å². The molecule has 0 aliphatic rings. The fraction of sp³-hybridized carbons (Fsp3) is 0.889. The highest BCUT2D eigenvalue weighted by Gasteiger charge is 2.28. The molecular formula is C27H52NO10P. The van der Waals surface area contributed by atoms with Gasteiger partial charge in [-0.2, -0.15) is 0 Å². The van der Waals surface area contributed by atoms with Gasteiger partial charge in [-0.15, -0.1) is 0 Å². The van der Waals surface area contributed by atoms with Gasteiger partial charge in [0.05, 0.1) is 13.2 Å². The number of carboxylic acids is 1. The van der Waals surface area contributed by atoms with E-state index in [1.807, 2.05) is 0 Å². The van der Waals surface area contributed by atoms with E-state index in [1.165, 1.54) is 44.9 Å². The third kappa shape index (κ3) is 24.0. The second-order valence-corrected chi connectivity index (χ2v) is 11.4. The van der Waals surface area contributed by atoms with Crippen molar-refractivity contribution in [2.24, 2.45) is 0 Å². The summed E-state index contributed by atoms with van der Waals surface area (Å²) in [6.07, 6.45) is 14.8. The lowest BCUT2D eigenvalue weighted by atomic mass is 10.1. The van der Waals surface area contributed by atoms with Gasteiger partial charge in [0.25, 0.3) is 0 Å². The van der Waals surface area contributed by atoms with Crippen molar-refractivity contribution in [3.8, 4) is 0 Å². The van der Waals surface area contributed by atoms with Crippen molar-refractivity contribution in [1.29, 1.82) is 0 Å². The van der Waals surface area contributed by atoms with Crippen molar-refractivity contribution < 1.29 is 47.8 Å². The van der Waals surface area contributed by atoms with Crippen molar-refractivity contribution in [2.75, 3.05) is 19.8 Å². The largest absolute Gasteiger partial charge is 0.480 e. The minimum atomic E-state index is -4.72. The Labute approximate surface area is 234 Å². The van der Waals surface area contributed by atoms with Gasteiger partial charge < -0.3 is 25.2 Å². The van der Waals surface area contributed by atoms with Gasteiger partial charge in [0.2, 0.25) is 5.91 Å². The molecule has 0 spiro atoms. The zero-order chi connectivity index (χ0) is 29.4. The van der Waals surface area contributed by atoms with E-state index in [9.17, 15) is 34.1 Å². The molecule has 11 nitrogen and oxygen atoms in total. The summed E-state index contributed by atoms with van der Waals surface area (Å²) in [4.78, 5) is 45.1. The highest BCUT2D eigenvalue weighted by Crippen LogP contribution is 2.43. The maximum absolute atomic E-state index is 12.1. The molecule has 12 heteroatoms. The van der Waals surface area contributed by atoms with Crippen LogP contribution in [0.4, 0.5) is 0 Å². The normalized spacial score (nSPS) is 14.4. The molecule has 0 rings (SSSR count). The van der Waals surface area contributed by atoms with Crippen LogP contribution in [0.1, 0.15) is 123 Å². The predicted molar refractivity (Wildman–Crippen MR) is 148 cm³/mol. The van der Waals surface area contributed by atoms with Gasteiger partial charge in [-0.05, 0) is 12.8 Å². The van der Waals surface area contributed by atoms with Crippen LogP contribution in [0.3, 0.4) is 0 Å². The second kappa shape index (κ2) is 24.3. The average Bonchev–Trinajstić information content (AvgIpc) is 2.89. The number of aliphatic hydroxyl groups excluding tert-OH is 1. The summed E-state index contributed by atoms with van der Waals surface area (Å²) in [5.41, 5.74) is 0. The van der Waals surface area contributed by atoms with E-state index in [-0.39, 0.29) is 12.8 Å². The first-order valence-electron chi connectivity index (χ1n) is 14.6. The summed E-state index contributed by atoms with van der Waals surface area (Å²) in [5.74, 6) is -2.38. The number of rotatable bonds is 27. The molecule has 0 aromatic carbocycles. The van der Waals surface area contributed by atoms with Crippen molar-refractivity contribution >= 4 is 25.7 Å².